The fourth-order valence-corrected chi connectivity index (χ4v) is 3.37. The van der Waals surface area contributed by atoms with Crippen LogP contribution in [-0.4, -0.2) is 12.6 Å². The molecule has 1 saturated carbocycles. The molecule has 0 heterocycles. The minimum atomic E-state index is 0.803. The van der Waals surface area contributed by atoms with Gasteiger partial charge in [-0.1, -0.05) is 52.9 Å². The number of nitrogens with one attached hydrogen (secondary N) is 1. The van der Waals surface area contributed by atoms with Crippen LogP contribution in [0.5, 0.6) is 0 Å². The van der Waals surface area contributed by atoms with Crippen molar-refractivity contribution < 1.29 is 0 Å². The number of hydrogen-bond donors (Lipinski definition) is 1. The molecule has 0 amide bonds. The maximum absolute atomic E-state index is 3.70. The lowest BCUT2D eigenvalue weighted by Gasteiger charge is -2.34. The molecule has 1 heteroatoms. The highest BCUT2D eigenvalue weighted by Gasteiger charge is 2.25. The average Bonchev–Trinajstić information content (AvgIpc) is 2.30. The van der Waals surface area contributed by atoms with E-state index >= 15 is 0 Å². The summed E-state index contributed by atoms with van der Waals surface area (Å²) in [7, 11) is 0. The molecule has 0 aromatic carbocycles. The normalized spacial score (nSPS) is 27.9. The lowest BCUT2D eigenvalue weighted by atomic mass is 9.76. The Labute approximate surface area is 102 Å². The predicted molar refractivity (Wildman–Crippen MR) is 72.7 cm³/mol. The van der Waals surface area contributed by atoms with Gasteiger partial charge in [-0.3, -0.25) is 0 Å². The molecule has 0 radical (unpaired) electrons. The summed E-state index contributed by atoms with van der Waals surface area (Å²) in [6, 6.07) is 0.803. The van der Waals surface area contributed by atoms with Crippen molar-refractivity contribution in [3.8, 4) is 0 Å². The van der Waals surface area contributed by atoms with Crippen molar-refractivity contribution in [2.24, 2.45) is 11.8 Å². The molecule has 1 N–H and O–H groups in total. The lowest BCUT2D eigenvalue weighted by Crippen LogP contribution is -2.38. The Bertz CT molecular complexity index is 153. The van der Waals surface area contributed by atoms with Gasteiger partial charge in [0.05, 0.1) is 0 Å². The summed E-state index contributed by atoms with van der Waals surface area (Å²) in [5.74, 6) is 2.01. The van der Waals surface area contributed by atoms with Gasteiger partial charge in [0.15, 0.2) is 0 Å². The third-order valence-electron chi connectivity index (χ3n) is 4.22. The van der Waals surface area contributed by atoms with Gasteiger partial charge in [0.2, 0.25) is 0 Å². The van der Waals surface area contributed by atoms with Crippen LogP contribution in [0, 0.1) is 11.8 Å². The fourth-order valence-electron chi connectivity index (χ4n) is 3.37. The Morgan fingerprint density at radius 1 is 1.00 bits per heavy atom. The van der Waals surface area contributed by atoms with E-state index in [9.17, 15) is 0 Å². The minimum absolute atomic E-state index is 0.803. The van der Waals surface area contributed by atoms with E-state index in [1.54, 1.807) is 0 Å². The maximum atomic E-state index is 3.70. The second kappa shape index (κ2) is 8.11. The average molecular weight is 225 g/mol. The highest BCUT2D eigenvalue weighted by molar-refractivity contribution is 4.81. The molecule has 1 aliphatic carbocycles. The monoisotopic (exact) mass is 225 g/mol. The van der Waals surface area contributed by atoms with Crippen LogP contribution in [-0.2, 0) is 0 Å². The Balaban J connectivity index is 2.31. The van der Waals surface area contributed by atoms with Gasteiger partial charge in [-0.15, -0.1) is 0 Å². The second-order valence-corrected chi connectivity index (χ2v) is 5.52. The smallest absolute Gasteiger partial charge is 0.00951 e. The summed E-state index contributed by atoms with van der Waals surface area (Å²) in [4.78, 5) is 0. The Hall–Kier alpha value is -0.0400. The first-order chi connectivity index (χ1) is 7.81. The first-order valence-electron chi connectivity index (χ1n) is 7.55. The van der Waals surface area contributed by atoms with Gasteiger partial charge in [0.1, 0.15) is 0 Å². The van der Waals surface area contributed by atoms with E-state index in [-0.39, 0.29) is 0 Å². The number of hydrogen-bond acceptors (Lipinski definition) is 1. The molecule has 0 aliphatic heterocycles. The SMILES string of the molecule is CCCC1CCC(C(CCC)NCC)CC1. The molecule has 1 aliphatic rings. The third-order valence-corrected chi connectivity index (χ3v) is 4.22. The molecule has 0 bridgehead atoms. The van der Waals surface area contributed by atoms with Crippen LogP contribution in [0.15, 0.2) is 0 Å². The van der Waals surface area contributed by atoms with Crippen molar-refractivity contribution in [3.63, 3.8) is 0 Å². The molecule has 16 heavy (non-hydrogen) atoms. The van der Waals surface area contributed by atoms with Gasteiger partial charge in [-0.25, -0.2) is 0 Å². The molecule has 1 unspecified atom stereocenters. The highest BCUT2D eigenvalue weighted by Crippen LogP contribution is 2.34. The molecular weight excluding hydrogens is 194 g/mol. The van der Waals surface area contributed by atoms with Crippen molar-refractivity contribution in [1.82, 2.24) is 5.32 Å². The van der Waals surface area contributed by atoms with Crippen LogP contribution in [0.1, 0.15) is 72.1 Å². The van der Waals surface area contributed by atoms with Crippen LogP contribution in [0.3, 0.4) is 0 Å². The zero-order valence-electron chi connectivity index (χ0n) is 11.6. The van der Waals surface area contributed by atoms with E-state index in [2.05, 4.69) is 26.1 Å². The standard InChI is InChI=1S/C15H31N/c1-4-7-13-9-11-14(12-10-13)15(8-5-2)16-6-3/h13-16H,4-12H2,1-3H3. The number of rotatable bonds is 7. The van der Waals surface area contributed by atoms with Crippen molar-refractivity contribution in [2.45, 2.75) is 78.2 Å². The van der Waals surface area contributed by atoms with Gasteiger partial charge < -0.3 is 5.32 Å². The lowest BCUT2D eigenvalue weighted by molar-refractivity contribution is 0.208. The molecule has 0 aromatic heterocycles. The van der Waals surface area contributed by atoms with Crippen LogP contribution < -0.4 is 5.32 Å². The molecule has 0 saturated heterocycles. The van der Waals surface area contributed by atoms with E-state index in [4.69, 9.17) is 0 Å². The summed E-state index contributed by atoms with van der Waals surface area (Å²) in [5.41, 5.74) is 0. The van der Waals surface area contributed by atoms with E-state index in [1.807, 2.05) is 0 Å². The van der Waals surface area contributed by atoms with E-state index in [0.29, 0.717) is 0 Å². The van der Waals surface area contributed by atoms with Gasteiger partial charge in [0.25, 0.3) is 0 Å². The van der Waals surface area contributed by atoms with Crippen LogP contribution >= 0.6 is 0 Å². The first kappa shape index (κ1) is 14.0. The molecule has 1 atom stereocenters. The molecule has 1 rings (SSSR count). The third kappa shape index (κ3) is 4.45. The molecule has 0 aromatic rings. The topological polar surface area (TPSA) is 12.0 Å². The van der Waals surface area contributed by atoms with E-state index in [1.165, 1.54) is 51.4 Å². The summed E-state index contributed by atoms with van der Waals surface area (Å²) >= 11 is 0. The van der Waals surface area contributed by atoms with Crippen LogP contribution in [0.4, 0.5) is 0 Å². The van der Waals surface area contributed by atoms with Crippen molar-refractivity contribution in [2.75, 3.05) is 6.54 Å². The molecular formula is C15H31N. The summed E-state index contributed by atoms with van der Waals surface area (Å²) < 4.78 is 0. The maximum Gasteiger partial charge on any atom is 0.00951 e. The zero-order valence-corrected chi connectivity index (χ0v) is 11.6. The molecule has 96 valence electrons. The van der Waals surface area contributed by atoms with Gasteiger partial charge in [0, 0.05) is 6.04 Å². The van der Waals surface area contributed by atoms with Crippen molar-refractivity contribution in [1.29, 1.82) is 0 Å². The largest absolute Gasteiger partial charge is 0.314 e. The minimum Gasteiger partial charge on any atom is -0.314 e. The van der Waals surface area contributed by atoms with Crippen LogP contribution in [0.2, 0.25) is 0 Å². The zero-order chi connectivity index (χ0) is 11.8. The highest BCUT2D eigenvalue weighted by atomic mass is 14.9. The summed E-state index contributed by atoms with van der Waals surface area (Å²) in [5, 5.41) is 3.70. The van der Waals surface area contributed by atoms with Gasteiger partial charge >= 0.3 is 0 Å². The predicted octanol–water partition coefficient (Wildman–Crippen LogP) is 4.37. The first-order valence-corrected chi connectivity index (χ1v) is 7.55. The van der Waals surface area contributed by atoms with Crippen molar-refractivity contribution in [3.05, 3.63) is 0 Å². The fraction of sp³-hybridized carbons (Fsp3) is 1.00. The van der Waals surface area contributed by atoms with Gasteiger partial charge in [-0.05, 0) is 37.6 Å². The molecule has 1 fully saturated rings. The second-order valence-electron chi connectivity index (χ2n) is 5.52. The summed E-state index contributed by atoms with van der Waals surface area (Å²) in [6.45, 7) is 8.02. The van der Waals surface area contributed by atoms with Crippen molar-refractivity contribution >= 4 is 0 Å². The molecule has 0 spiro atoms. The van der Waals surface area contributed by atoms with Crippen LogP contribution in [0.25, 0.3) is 0 Å². The van der Waals surface area contributed by atoms with E-state index < -0.39 is 0 Å². The Morgan fingerprint density at radius 3 is 2.19 bits per heavy atom. The summed E-state index contributed by atoms with van der Waals surface area (Å²) in [6.07, 6.45) is 11.5. The Morgan fingerprint density at radius 2 is 1.69 bits per heavy atom. The molecule has 1 nitrogen and oxygen atoms in total. The van der Waals surface area contributed by atoms with Gasteiger partial charge in [-0.2, -0.15) is 0 Å². The van der Waals surface area contributed by atoms with E-state index in [0.717, 1.165) is 24.4 Å². The Kier molecular flexibility index (Phi) is 7.11. The quantitative estimate of drug-likeness (QED) is 0.678.